The van der Waals surface area contributed by atoms with Crippen molar-refractivity contribution in [2.24, 2.45) is 34.5 Å². The fourth-order valence-corrected chi connectivity index (χ4v) is 8.95. The molecule has 5 atom stereocenters. The highest BCUT2D eigenvalue weighted by Gasteiger charge is 2.94. The van der Waals surface area contributed by atoms with Crippen molar-refractivity contribution in [2.75, 3.05) is 63.3 Å². The summed E-state index contributed by atoms with van der Waals surface area (Å²) in [5.41, 5.74) is -0.910. The van der Waals surface area contributed by atoms with Crippen LogP contribution in [0.2, 0.25) is 0 Å². The third kappa shape index (κ3) is 7.31. The number of carbonyl (C=O) groups is 3. The Bertz CT molecular complexity index is 1340. The zero-order chi connectivity index (χ0) is 34.4. The van der Waals surface area contributed by atoms with Gasteiger partial charge in [-0.3, -0.25) is 9.59 Å². The number of nitrogens with zero attached hydrogens (tertiary/aromatic N) is 4. The number of amides is 2. The molecule has 2 aliphatic carbocycles. The first-order valence-electron chi connectivity index (χ1n) is 17.5. The summed E-state index contributed by atoms with van der Waals surface area (Å²) in [5.74, 6) is 3.28. The number of hydrogen-bond acceptors (Lipinski definition) is 9. The van der Waals surface area contributed by atoms with Gasteiger partial charge in [0, 0.05) is 50.8 Å². The number of ether oxygens (including phenoxy) is 2. The van der Waals surface area contributed by atoms with E-state index < -0.39 is 5.60 Å². The number of carbonyl (C=O) groups excluding carboxylic acids is 3. The zero-order valence-corrected chi connectivity index (χ0v) is 30.9. The smallest absolute Gasteiger partial charge is 0.410 e. The fraction of sp³-hybridized carbons (Fsp3) is 0.806. The van der Waals surface area contributed by atoms with Gasteiger partial charge in [0.2, 0.25) is 5.91 Å². The molecule has 0 bridgehead atoms. The van der Waals surface area contributed by atoms with Crippen molar-refractivity contribution in [2.45, 2.75) is 92.1 Å². The van der Waals surface area contributed by atoms with Crippen LogP contribution in [0.3, 0.4) is 0 Å². The standard InChI is InChI=1S/C36H57N5O5S/c1-23(2)17-26-28-35(18-24(30(43)40-12-14-45-15-13-40)21-41(22-35)32(44)46-34(6,7)8)36(26,28)19-27(42)25-20-38-31(33(3,4)5)39-29(25)37-11-10-16-47-9/h20,23-24,26,28H,10-19,21-22H2,1-9H3,(H,37,38,39)/t24-,26?,28?,35?,36?/m1/s1. The third-order valence-corrected chi connectivity index (χ3v) is 11.2. The summed E-state index contributed by atoms with van der Waals surface area (Å²) in [5, 5.41) is 3.46. The predicted molar refractivity (Wildman–Crippen MR) is 186 cm³/mol. The minimum atomic E-state index is -0.649. The second kappa shape index (κ2) is 13.5. The average Bonchev–Trinajstić information content (AvgIpc) is 3.82. The molecule has 4 fully saturated rings. The van der Waals surface area contributed by atoms with Crippen LogP contribution in [0.15, 0.2) is 6.20 Å². The van der Waals surface area contributed by atoms with Crippen molar-refractivity contribution in [3.05, 3.63) is 17.6 Å². The van der Waals surface area contributed by atoms with E-state index in [0.717, 1.165) is 25.1 Å². The molecule has 5 rings (SSSR count). The van der Waals surface area contributed by atoms with E-state index in [0.29, 0.717) is 87.2 Å². The van der Waals surface area contributed by atoms with Gasteiger partial charge < -0.3 is 24.6 Å². The van der Waals surface area contributed by atoms with E-state index in [4.69, 9.17) is 14.5 Å². The first-order chi connectivity index (χ1) is 22.0. The molecule has 0 radical (unpaired) electrons. The Kier molecular flexibility index (Phi) is 10.3. The third-order valence-electron chi connectivity index (χ3n) is 10.6. The Morgan fingerprint density at radius 3 is 2.45 bits per heavy atom. The van der Waals surface area contributed by atoms with Gasteiger partial charge in [0.25, 0.3) is 0 Å². The summed E-state index contributed by atoms with van der Waals surface area (Å²) in [4.78, 5) is 55.1. The zero-order valence-electron chi connectivity index (χ0n) is 30.1. The molecule has 1 aromatic rings. The van der Waals surface area contributed by atoms with Crippen LogP contribution < -0.4 is 5.32 Å². The molecule has 47 heavy (non-hydrogen) atoms. The normalized spacial score (nSPS) is 28.7. The van der Waals surface area contributed by atoms with Gasteiger partial charge in [-0.05, 0) is 80.6 Å². The van der Waals surface area contributed by atoms with Crippen LogP contribution in [0.25, 0.3) is 0 Å². The number of rotatable bonds is 11. The number of ketones is 1. The monoisotopic (exact) mass is 671 g/mol. The second-order valence-electron chi connectivity index (χ2n) is 16.7. The van der Waals surface area contributed by atoms with E-state index in [1.807, 2.05) is 25.7 Å². The minimum Gasteiger partial charge on any atom is -0.444 e. The molecule has 3 heterocycles. The van der Waals surface area contributed by atoms with Crippen molar-refractivity contribution in [3.8, 4) is 0 Å². The Morgan fingerprint density at radius 1 is 1.13 bits per heavy atom. The molecule has 10 nitrogen and oxygen atoms in total. The van der Waals surface area contributed by atoms with Gasteiger partial charge in [0.05, 0.1) is 24.7 Å². The van der Waals surface area contributed by atoms with Crippen molar-refractivity contribution in [1.29, 1.82) is 0 Å². The van der Waals surface area contributed by atoms with Crippen molar-refractivity contribution >= 4 is 35.4 Å². The number of aromatic nitrogens is 2. The van der Waals surface area contributed by atoms with Gasteiger partial charge in [-0.15, -0.1) is 0 Å². The maximum Gasteiger partial charge on any atom is 0.410 e. The Labute approximate surface area is 285 Å². The van der Waals surface area contributed by atoms with Gasteiger partial charge in [-0.2, -0.15) is 11.8 Å². The molecule has 262 valence electrons. The van der Waals surface area contributed by atoms with E-state index in [1.54, 1.807) is 22.9 Å². The Balaban J connectivity index is 1.45. The number of Topliss-reactive ketones (excluding diaryl/α,β-unsaturated/α-hetero) is 1. The summed E-state index contributed by atoms with van der Waals surface area (Å²) >= 11 is 1.80. The summed E-state index contributed by atoms with van der Waals surface area (Å²) in [6.07, 6.45) is 6.47. The van der Waals surface area contributed by atoms with Gasteiger partial charge >= 0.3 is 6.09 Å². The lowest BCUT2D eigenvalue weighted by molar-refractivity contribution is -0.143. The SMILES string of the molecule is CSCCCNc1nc(C(C)(C)C)ncc1C(=O)CC12C(CC(C)C)C1C21C[C@@H](C(=O)N2CCOCC2)CN(C(=O)OC(C)(C)C)C1. The maximum absolute atomic E-state index is 14.4. The van der Waals surface area contributed by atoms with Gasteiger partial charge in [-0.1, -0.05) is 34.6 Å². The number of fused-ring (bicyclic) bond motifs is 3. The van der Waals surface area contributed by atoms with E-state index in [1.165, 1.54) is 0 Å². The summed E-state index contributed by atoms with van der Waals surface area (Å²) in [6, 6.07) is 0. The van der Waals surface area contributed by atoms with Crippen molar-refractivity contribution in [3.63, 3.8) is 0 Å². The number of thioether (sulfide) groups is 1. The van der Waals surface area contributed by atoms with E-state index in [9.17, 15) is 14.4 Å². The quantitative estimate of drug-likeness (QED) is 0.227. The minimum absolute atomic E-state index is 0.0383. The Morgan fingerprint density at radius 2 is 1.83 bits per heavy atom. The van der Waals surface area contributed by atoms with Crippen LogP contribution in [-0.2, 0) is 19.7 Å². The largest absolute Gasteiger partial charge is 0.444 e. The average molecular weight is 672 g/mol. The molecule has 1 aromatic heterocycles. The highest BCUT2D eigenvalue weighted by atomic mass is 32.2. The van der Waals surface area contributed by atoms with E-state index in [-0.39, 0.29) is 39.9 Å². The molecule has 2 saturated heterocycles. The fourth-order valence-electron chi connectivity index (χ4n) is 8.52. The molecular formula is C36H57N5O5S. The number of piperidine rings is 1. The molecule has 2 aliphatic heterocycles. The van der Waals surface area contributed by atoms with Crippen molar-refractivity contribution < 1.29 is 23.9 Å². The number of likely N-dealkylation sites (tertiary alicyclic amines) is 1. The first-order valence-corrected chi connectivity index (χ1v) is 18.9. The highest BCUT2D eigenvalue weighted by Crippen LogP contribution is 2.95. The van der Waals surface area contributed by atoms with Crippen LogP contribution in [0, 0.1) is 34.5 Å². The lowest BCUT2D eigenvalue weighted by Crippen LogP contribution is -2.55. The number of hydrogen-bond donors (Lipinski definition) is 1. The predicted octanol–water partition coefficient (Wildman–Crippen LogP) is 5.91. The topological polar surface area (TPSA) is 114 Å². The molecule has 2 saturated carbocycles. The molecule has 11 heteroatoms. The molecule has 1 N–H and O–H groups in total. The maximum atomic E-state index is 14.4. The van der Waals surface area contributed by atoms with Gasteiger partial charge in [-0.25, -0.2) is 14.8 Å². The highest BCUT2D eigenvalue weighted by molar-refractivity contribution is 7.98. The lowest BCUT2D eigenvalue weighted by Gasteiger charge is -2.45. The van der Waals surface area contributed by atoms with Gasteiger partial charge in [0.1, 0.15) is 17.2 Å². The van der Waals surface area contributed by atoms with E-state index in [2.05, 4.69) is 51.2 Å². The summed E-state index contributed by atoms with van der Waals surface area (Å²) in [6.45, 7) is 20.1. The molecule has 0 aromatic carbocycles. The molecule has 4 aliphatic rings. The molecular weight excluding hydrogens is 614 g/mol. The van der Waals surface area contributed by atoms with Crippen molar-refractivity contribution in [1.82, 2.24) is 19.8 Å². The number of anilines is 1. The summed E-state index contributed by atoms with van der Waals surface area (Å²) in [7, 11) is 0. The number of morpholine rings is 1. The summed E-state index contributed by atoms with van der Waals surface area (Å²) < 4.78 is 11.4. The molecule has 2 amide bonds. The number of nitrogens with one attached hydrogen (secondary N) is 1. The first kappa shape index (κ1) is 35.9. The Hall–Kier alpha value is -2.40. The second-order valence-corrected chi connectivity index (χ2v) is 17.7. The van der Waals surface area contributed by atoms with Crippen LogP contribution in [0.4, 0.5) is 10.6 Å². The van der Waals surface area contributed by atoms with E-state index >= 15 is 0 Å². The van der Waals surface area contributed by atoms with Crippen LogP contribution in [0.5, 0.6) is 0 Å². The van der Waals surface area contributed by atoms with Gasteiger partial charge in [0.15, 0.2) is 5.78 Å². The molecule has 4 unspecified atom stereocenters. The van der Waals surface area contributed by atoms with Crippen LogP contribution in [0.1, 0.15) is 97.3 Å². The molecule has 1 spiro atoms. The lowest BCUT2D eigenvalue weighted by atomic mass is 9.69. The van der Waals surface area contributed by atoms with Crippen LogP contribution >= 0.6 is 11.8 Å². The van der Waals surface area contributed by atoms with Crippen LogP contribution in [-0.4, -0.2) is 101 Å².